The van der Waals surface area contributed by atoms with E-state index in [1.165, 1.54) is 19.3 Å². The number of nitrogens with one attached hydrogen (secondary N) is 2. The van der Waals surface area contributed by atoms with Gasteiger partial charge in [0.15, 0.2) is 0 Å². The Balaban J connectivity index is 1.80. The number of nitrogens with zero attached hydrogens (tertiary/aromatic N) is 1. The van der Waals surface area contributed by atoms with Crippen molar-refractivity contribution in [3.8, 4) is 0 Å². The van der Waals surface area contributed by atoms with E-state index in [1.54, 1.807) is 0 Å². The predicted octanol–water partition coefficient (Wildman–Crippen LogP) is 0.973. The molecule has 0 saturated carbocycles. The van der Waals surface area contributed by atoms with Crippen molar-refractivity contribution in [2.75, 3.05) is 19.6 Å². The molecule has 2 N–H and O–H groups in total. The number of hydrogen-bond donors (Lipinski definition) is 2. The molecule has 0 aromatic carbocycles. The number of carbonyl (C=O) groups excluding carboxylic acids is 1. The van der Waals surface area contributed by atoms with E-state index in [0.29, 0.717) is 18.0 Å². The second-order valence-electron chi connectivity index (χ2n) is 6.00. The van der Waals surface area contributed by atoms with Gasteiger partial charge < -0.3 is 10.6 Å². The molecule has 104 valence electrons. The Labute approximate surface area is 110 Å². The maximum Gasteiger partial charge on any atom is 0.237 e. The van der Waals surface area contributed by atoms with Gasteiger partial charge in [0.25, 0.3) is 0 Å². The van der Waals surface area contributed by atoms with Crippen LogP contribution in [0.4, 0.5) is 0 Å². The summed E-state index contributed by atoms with van der Waals surface area (Å²) < 4.78 is 0. The number of hydrogen-bond acceptors (Lipinski definition) is 3. The summed E-state index contributed by atoms with van der Waals surface area (Å²) in [7, 11) is 0. The molecular weight excluding hydrogens is 226 g/mol. The molecule has 1 amide bonds. The molecule has 0 aromatic heterocycles. The predicted molar refractivity (Wildman–Crippen MR) is 73.4 cm³/mol. The molecule has 2 aliphatic heterocycles. The first-order valence-corrected chi connectivity index (χ1v) is 7.35. The van der Waals surface area contributed by atoms with Crippen molar-refractivity contribution >= 4 is 5.91 Å². The van der Waals surface area contributed by atoms with Gasteiger partial charge in [-0.15, -0.1) is 0 Å². The maximum atomic E-state index is 12.2. The van der Waals surface area contributed by atoms with Gasteiger partial charge in [0.1, 0.15) is 0 Å². The van der Waals surface area contributed by atoms with Crippen molar-refractivity contribution < 1.29 is 4.79 Å². The van der Waals surface area contributed by atoms with Gasteiger partial charge in [0.05, 0.1) is 6.04 Å². The highest BCUT2D eigenvalue weighted by Crippen LogP contribution is 2.25. The van der Waals surface area contributed by atoms with Crippen LogP contribution in [0.15, 0.2) is 0 Å². The Morgan fingerprint density at radius 3 is 2.56 bits per heavy atom. The van der Waals surface area contributed by atoms with E-state index < -0.39 is 0 Å². The summed E-state index contributed by atoms with van der Waals surface area (Å²) in [5, 5.41) is 6.45. The lowest BCUT2D eigenvalue weighted by atomic mass is 10.1. The van der Waals surface area contributed by atoms with Gasteiger partial charge in [-0.1, -0.05) is 0 Å². The third-order valence-electron chi connectivity index (χ3n) is 4.57. The first kappa shape index (κ1) is 13.8. The molecule has 4 atom stereocenters. The van der Waals surface area contributed by atoms with Crippen LogP contribution in [0, 0.1) is 5.92 Å². The second-order valence-corrected chi connectivity index (χ2v) is 6.00. The fourth-order valence-electron chi connectivity index (χ4n) is 3.40. The summed E-state index contributed by atoms with van der Waals surface area (Å²) in [5.41, 5.74) is 0. The molecule has 0 aliphatic carbocycles. The van der Waals surface area contributed by atoms with E-state index in [2.05, 4.69) is 29.4 Å². The molecule has 4 nitrogen and oxygen atoms in total. The van der Waals surface area contributed by atoms with Crippen LogP contribution < -0.4 is 10.6 Å². The normalized spacial score (nSPS) is 34.7. The van der Waals surface area contributed by atoms with E-state index in [1.807, 2.05) is 6.92 Å². The van der Waals surface area contributed by atoms with Crippen LogP contribution in [-0.4, -0.2) is 48.6 Å². The van der Waals surface area contributed by atoms with Crippen molar-refractivity contribution in [3.05, 3.63) is 0 Å². The lowest BCUT2D eigenvalue weighted by Crippen LogP contribution is -2.49. The average Bonchev–Trinajstić information content (AvgIpc) is 2.96. The van der Waals surface area contributed by atoms with Crippen molar-refractivity contribution in [1.29, 1.82) is 0 Å². The first-order chi connectivity index (χ1) is 8.59. The summed E-state index contributed by atoms with van der Waals surface area (Å²) in [4.78, 5) is 14.6. The monoisotopic (exact) mass is 253 g/mol. The average molecular weight is 253 g/mol. The Kier molecular flexibility index (Phi) is 4.62. The zero-order valence-corrected chi connectivity index (χ0v) is 11.9. The van der Waals surface area contributed by atoms with Crippen LogP contribution in [0.1, 0.15) is 40.0 Å². The molecule has 4 unspecified atom stereocenters. The summed E-state index contributed by atoms with van der Waals surface area (Å²) in [5.74, 6) is 0.817. The molecule has 18 heavy (non-hydrogen) atoms. The molecule has 2 heterocycles. The van der Waals surface area contributed by atoms with Gasteiger partial charge in [0.2, 0.25) is 5.91 Å². The Hall–Kier alpha value is -0.610. The fraction of sp³-hybridized carbons (Fsp3) is 0.929. The zero-order valence-electron chi connectivity index (χ0n) is 11.9. The van der Waals surface area contributed by atoms with E-state index in [4.69, 9.17) is 0 Å². The second kappa shape index (κ2) is 6.02. The Bertz CT molecular complexity index is 279. The highest BCUT2D eigenvalue weighted by atomic mass is 16.2. The summed E-state index contributed by atoms with van der Waals surface area (Å²) in [6.45, 7) is 9.47. The fourth-order valence-corrected chi connectivity index (χ4v) is 3.40. The molecule has 0 aromatic rings. The lowest BCUT2D eigenvalue weighted by molar-refractivity contribution is -0.127. The quantitative estimate of drug-likeness (QED) is 0.785. The van der Waals surface area contributed by atoms with E-state index in [9.17, 15) is 4.79 Å². The molecule has 4 heteroatoms. The molecule has 0 spiro atoms. The number of likely N-dealkylation sites (tertiary alicyclic amines) is 1. The zero-order chi connectivity index (χ0) is 13.1. The smallest absolute Gasteiger partial charge is 0.237 e. The van der Waals surface area contributed by atoms with Crippen LogP contribution in [0.25, 0.3) is 0 Å². The summed E-state index contributed by atoms with van der Waals surface area (Å²) in [6, 6.07) is 1.08. The lowest BCUT2D eigenvalue weighted by Gasteiger charge is -2.31. The maximum absolute atomic E-state index is 12.2. The minimum absolute atomic E-state index is 0.00635. The van der Waals surface area contributed by atoms with Crippen molar-refractivity contribution in [2.45, 2.75) is 58.2 Å². The van der Waals surface area contributed by atoms with Crippen molar-refractivity contribution in [1.82, 2.24) is 15.5 Å². The van der Waals surface area contributed by atoms with Crippen molar-refractivity contribution in [2.24, 2.45) is 5.92 Å². The molecule has 2 aliphatic rings. The number of rotatable bonds is 4. The van der Waals surface area contributed by atoms with Crippen LogP contribution in [0.5, 0.6) is 0 Å². The van der Waals surface area contributed by atoms with E-state index in [-0.39, 0.29) is 11.9 Å². The third-order valence-corrected chi connectivity index (χ3v) is 4.57. The van der Waals surface area contributed by atoms with Gasteiger partial charge in [-0.25, -0.2) is 0 Å². The number of carbonyl (C=O) groups is 1. The van der Waals surface area contributed by atoms with Gasteiger partial charge in [-0.05, 0) is 59.0 Å². The summed E-state index contributed by atoms with van der Waals surface area (Å²) in [6.07, 6.45) is 3.61. The van der Waals surface area contributed by atoms with E-state index >= 15 is 0 Å². The third kappa shape index (κ3) is 3.04. The van der Waals surface area contributed by atoms with Gasteiger partial charge in [0, 0.05) is 18.6 Å². The van der Waals surface area contributed by atoms with Gasteiger partial charge in [-0.3, -0.25) is 9.69 Å². The largest absolute Gasteiger partial charge is 0.354 e. The van der Waals surface area contributed by atoms with Crippen LogP contribution >= 0.6 is 0 Å². The van der Waals surface area contributed by atoms with Crippen molar-refractivity contribution in [3.63, 3.8) is 0 Å². The Morgan fingerprint density at radius 1 is 1.33 bits per heavy atom. The molecule has 0 radical (unpaired) electrons. The molecule has 2 saturated heterocycles. The summed E-state index contributed by atoms with van der Waals surface area (Å²) >= 11 is 0. The van der Waals surface area contributed by atoms with E-state index in [0.717, 1.165) is 19.6 Å². The first-order valence-electron chi connectivity index (χ1n) is 7.35. The van der Waals surface area contributed by atoms with Crippen LogP contribution in [-0.2, 0) is 4.79 Å². The van der Waals surface area contributed by atoms with Gasteiger partial charge in [-0.2, -0.15) is 0 Å². The minimum atomic E-state index is 0.00635. The molecule has 2 fully saturated rings. The molecular formula is C14H27N3O. The highest BCUT2D eigenvalue weighted by molar-refractivity contribution is 5.81. The molecule has 0 bridgehead atoms. The topological polar surface area (TPSA) is 44.4 Å². The Morgan fingerprint density at radius 2 is 2.00 bits per heavy atom. The van der Waals surface area contributed by atoms with Gasteiger partial charge >= 0.3 is 0 Å². The molecule has 2 rings (SSSR count). The highest BCUT2D eigenvalue weighted by Gasteiger charge is 2.34. The number of amides is 1. The van der Waals surface area contributed by atoms with Crippen LogP contribution in [0.3, 0.4) is 0 Å². The van der Waals surface area contributed by atoms with Crippen LogP contribution in [0.2, 0.25) is 0 Å². The minimum Gasteiger partial charge on any atom is -0.354 e. The standard InChI is InChI=1S/C14H27N3O/c1-10-4-5-11(2)17(10)12(3)14(18)16-9-13-6-7-15-8-13/h10-13,15H,4-9H2,1-3H3,(H,16,18). The SMILES string of the molecule is CC1CCC(C)N1C(C)C(=O)NCC1CCNC1.